The summed E-state index contributed by atoms with van der Waals surface area (Å²) in [5.74, 6) is 0. The molecule has 1 fully saturated rings. The van der Waals surface area contributed by atoms with Crippen LogP contribution in [0.3, 0.4) is 0 Å². The molecule has 0 N–H and O–H groups in total. The van der Waals surface area contributed by atoms with Crippen LogP contribution in [0.5, 0.6) is 0 Å². The summed E-state index contributed by atoms with van der Waals surface area (Å²) >= 11 is 0. The molecule has 2 nitrogen and oxygen atoms in total. The Hall–Kier alpha value is -0.0800. The molecule has 0 spiro atoms. The fraction of sp³-hybridized carbons (Fsp3) is 0.909. The van der Waals surface area contributed by atoms with Crippen LogP contribution in [-0.2, 0) is 9.47 Å². The average Bonchev–Trinajstić information content (AvgIpc) is 2.08. The normalized spacial score (nSPS) is 29.5. The summed E-state index contributed by atoms with van der Waals surface area (Å²) in [6.07, 6.45) is 5.85. The molecule has 0 heterocycles. The highest BCUT2D eigenvalue weighted by atomic mass is 16.5. The Morgan fingerprint density at radius 3 is 2.08 bits per heavy atom. The molecule has 0 saturated heterocycles. The molecule has 0 atom stereocenters. The van der Waals surface area contributed by atoms with Gasteiger partial charge in [-0.05, 0) is 39.5 Å². The molecular formula is C11H21O2-. The van der Waals surface area contributed by atoms with E-state index in [1.165, 1.54) is 0 Å². The summed E-state index contributed by atoms with van der Waals surface area (Å²) < 4.78 is 11.2. The van der Waals surface area contributed by atoms with E-state index in [0.717, 1.165) is 25.7 Å². The van der Waals surface area contributed by atoms with E-state index >= 15 is 0 Å². The SMILES string of the molecule is C[CH-]OC1CCC(OC(C)C)CC1. The Balaban J connectivity index is 2.15. The molecule has 1 rings (SSSR count). The summed E-state index contributed by atoms with van der Waals surface area (Å²) in [5.41, 5.74) is 0. The molecule has 1 saturated carbocycles. The van der Waals surface area contributed by atoms with Crippen molar-refractivity contribution in [2.75, 3.05) is 0 Å². The molecule has 13 heavy (non-hydrogen) atoms. The quantitative estimate of drug-likeness (QED) is 0.627. The molecule has 0 aromatic heterocycles. The van der Waals surface area contributed by atoms with Gasteiger partial charge in [0.05, 0.1) is 12.2 Å². The second kappa shape index (κ2) is 5.61. The van der Waals surface area contributed by atoms with E-state index in [1.807, 2.05) is 6.92 Å². The van der Waals surface area contributed by atoms with Gasteiger partial charge in [0.25, 0.3) is 0 Å². The van der Waals surface area contributed by atoms with E-state index in [2.05, 4.69) is 13.8 Å². The predicted molar refractivity (Wildman–Crippen MR) is 53.3 cm³/mol. The van der Waals surface area contributed by atoms with Crippen molar-refractivity contribution >= 4 is 0 Å². The van der Waals surface area contributed by atoms with E-state index in [1.54, 1.807) is 6.61 Å². The van der Waals surface area contributed by atoms with Gasteiger partial charge in [-0.15, -0.1) is 0 Å². The molecule has 0 unspecified atom stereocenters. The van der Waals surface area contributed by atoms with Gasteiger partial charge < -0.3 is 9.47 Å². The van der Waals surface area contributed by atoms with Crippen LogP contribution in [-0.4, -0.2) is 18.3 Å². The third-order valence-electron chi connectivity index (χ3n) is 2.41. The van der Waals surface area contributed by atoms with Crippen molar-refractivity contribution in [3.8, 4) is 0 Å². The van der Waals surface area contributed by atoms with Crippen LogP contribution in [0.15, 0.2) is 0 Å². The second-order valence-electron chi connectivity index (χ2n) is 3.96. The third kappa shape index (κ3) is 4.10. The molecule has 2 heteroatoms. The van der Waals surface area contributed by atoms with Crippen LogP contribution in [0.1, 0.15) is 46.5 Å². The fourth-order valence-corrected chi connectivity index (χ4v) is 1.88. The summed E-state index contributed by atoms with van der Waals surface area (Å²) in [6, 6.07) is 0. The largest absolute Gasteiger partial charge is 0.550 e. The monoisotopic (exact) mass is 185 g/mol. The molecule has 0 amide bonds. The van der Waals surface area contributed by atoms with Crippen LogP contribution < -0.4 is 0 Å². The Morgan fingerprint density at radius 1 is 1.08 bits per heavy atom. The van der Waals surface area contributed by atoms with E-state index in [9.17, 15) is 0 Å². The highest BCUT2D eigenvalue weighted by Crippen LogP contribution is 2.24. The standard InChI is InChI=1S/C11H21O2/c1-4-12-10-5-7-11(8-6-10)13-9(2)3/h4,9-11H,5-8H2,1-3H3/q-1. The lowest BCUT2D eigenvalue weighted by Gasteiger charge is -2.32. The van der Waals surface area contributed by atoms with Crippen molar-refractivity contribution in [3.63, 3.8) is 0 Å². The van der Waals surface area contributed by atoms with Gasteiger partial charge in [0.1, 0.15) is 0 Å². The minimum absolute atomic E-state index is 0.361. The highest BCUT2D eigenvalue weighted by molar-refractivity contribution is 4.74. The molecule has 0 aliphatic heterocycles. The summed E-state index contributed by atoms with van der Waals surface area (Å²) in [7, 11) is 0. The first kappa shape index (κ1) is 11.0. The molecule has 78 valence electrons. The molecule has 0 aromatic carbocycles. The van der Waals surface area contributed by atoms with Crippen molar-refractivity contribution in [1.82, 2.24) is 0 Å². The van der Waals surface area contributed by atoms with Gasteiger partial charge in [0.2, 0.25) is 0 Å². The van der Waals surface area contributed by atoms with E-state index in [4.69, 9.17) is 9.47 Å². The minimum atomic E-state index is 0.361. The second-order valence-corrected chi connectivity index (χ2v) is 3.96. The Bertz CT molecular complexity index is 126. The van der Waals surface area contributed by atoms with Gasteiger partial charge in [0, 0.05) is 6.10 Å². The summed E-state index contributed by atoms with van der Waals surface area (Å²) in [4.78, 5) is 0. The highest BCUT2D eigenvalue weighted by Gasteiger charge is 2.20. The molecule has 0 bridgehead atoms. The van der Waals surface area contributed by atoms with Crippen molar-refractivity contribution in [2.24, 2.45) is 0 Å². The van der Waals surface area contributed by atoms with E-state index < -0.39 is 0 Å². The first-order valence-electron chi connectivity index (χ1n) is 5.31. The van der Waals surface area contributed by atoms with Gasteiger partial charge in [-0.2, -0.15) is 6.92 Å². The zero-order valence-electron chi connectivity index (χ0n) is 8.95. The topological polar surface area (TPSA) is 18.5 Å². The number of rotatable bonds is 4. The first-order valence-corrected chi connectivity index (χ1v) is 5.31. The number of ether oxygens (including phenoxy) is 2. The summed E-state index contributed by atoms with van der Waals surface area (Å²) in [5, 5.41) is 0. The summed E-state index contributed by atoms with van der Waals surface area (Å²) in [6.45, 7) is 7.94. The lowest BCUT2D eigenvalue weighted by molar-refractivity contribution is -0.0404. The minimum Gasteiger partial charge on any atom is -0.550 e. The van der Waals surface area contributed by atoms with Crippen LogP contribution >= 0.6 is 0 Å². The zero-order chi connectivity index (χ0) is 9.68. The smallest absolute Gasteiger partial charge is 0.0580 e. The first-order chi connectivity index (χ1) is 6.22. The molecular weight excluding hydrogens is 164 g/mol. The Kier molecular flexibility index (Phi) is 4.74. The van der Waals surface area contributed by atoms with Gasteiger partial charge in [-0.1, -0.05) is 0 Å². The molecule has 1 aliphatic rings. The van der Waals surface area contributed by atoms with Crippen LogP contribution in [0.25, 0.3) is 0 Å². The Labute approximate surface area is 81.6 Å². The third-order valence-corrected chi connectivity index (χ3v) is 2.41. The van der Waals surface area contributed by atoms with Gasteiger partial charge >= 0.3 is 0 Å². The number of hydrogen-bond acceptors (Lipinski definition) is 2. The van der Waals surface area contributed by atoms with Gasteiger partial charge in [-0.3, -0.25) is 0 Å². The molecule has 1 aliphatic carbocycles. The van der Waals surface area contributed by atoms with E-state index in [-0.39, 0.29) is 0 Å². The van der Waals surface area contributed by atoms with Crippen molar-refractivity contribution in [2.45, 2.75) is 64.8 Å². The lowest BCUT2D eigenvalue weighted by Crippen LogP contribution is -2.27. The maximum absolute atomic E-state index is 5.75. The average molecular weight is 185 g/mol. The Morgan fingerprint density at radius 2 is 1.62 bits per heavy atom. The van der Waals surface area contributed by atoms with Crippen molar-refractivity contribution in [3.05, 3.63) is 6.61 Å². The van der Waals surface area contributed by atoms with Crippen LogP contribution in [0.2, 0.25) is 0 Å². The van der Waals surface area contributed by atoms with Gasteiger partial charge in [-0.25, -0.2) is 6.61 Å². The fourth-order valence-electron chi connectivity index (χ4n) is 1.88. The van der Waals surface area contributed by atoms with Crippen LogP contribution in [0.4, 0.5) is 0 Å². The van der Waals surface area contributed by atoms with Crippen molar-refractivity contribution in [1.29, 1.82) is 0 Å². The maximum Gasteiger partial charge on any atom is 0.0580 e. The lowest BCUT2D eigenvalue weighted by atomic mass is 9.95. The van der Waals surface area contributed by atoms with Gasteiger partial charge in [0.15, 0.2) is 0 Å². The van der Waals surface area contributed by atoms with Crippen molar-refractivity contribution < 1.29 is 9.47 Å². The predicted octanol–water partition coefficient (Wildman–Crippen LogP) is 2.92. The molecule has 0 radical (unpaired) electrons. The zero-order valence-corrected chi connectivity index (χ0v) is 8.95. The maximum atomic E-state index is 5.75. The van der Waals surface area contributed by atoms with E-state index in [0.29, 0.717) is 18.3 Å². The molecule has 0 aromatic rings. The van der Waals surface area contributed by atoms with Crippen LogP contribution in [0, 0.1) is 6.61 Å². The number of hydrogen-bond donors (Lipinski definition) is 0.